The Balaban J connectivity index is 1.61. The van der Waals surface area contributed by atoms with Gasteiger partial charge in [0.15, 0.2) is 0 Å². The zero-order chi connectivity index (χ0) is 24.4. The highest BCUT2D eigenvalue weighted by atomic mass is 16.2. The molecule has 1 aliphatic heterocycles. The molecule has 0 aromatic carbocycles. The molecule has 0 unspecified atom stereocenters. The third-order valence-corrected chi connectivity index (χ3v) is 5.90. The van der Waals surface area contributed by atoms with Gasteiger partial charge in [0.2, 0.25) is 11.9 Å². The predicted octanol–water partition coefficient (Wildman–Crippen LogP) is 2.89. The van der Waals surface area contributed by atoms with E-state index in [1.807, 2.05) is 25.4 Å². The molecule has 190 valence electrons. The molecule has 0 atom stereocenters. The Bertz CT molecular complexity index is 742. The molecule has 1 aromatic heterocycles. The molecular formula is C25H44N8O. The minimum absolute atomic E-state index is 0.132. The SMILES string of the molecule is CCC=NC(=NC)Nc1ccc(N2CCN(CC(=O)NCCCCCCCCCN)CC2)cn1. The molecule has 1 aliphatic rings. The first kappa shape index (κ1) is 27.7. The van der Waals surface area contributed by atoms with E-state index in [1.54, 1.807) is 7.05 Å². The molecule has 1 fully saturated rings. The number of rotatable bonds is 14. The summed E-state index contributed by atoms with van der Waals surface area (Å²) in [6.45, 7) is 7.60. The number of hydrogen-bond donors (Lipinski definition) is 3. The Labute approximate surface area is 205 Å². The largest absolute Gasteiger partial charge is 0.368 e. The molecule has 0 spiro atoms. The number of carbonyl (C=O) groups is 1. The van der Waals surface area contributed by atoms with Gasteiger partial charge < -0.3 is 21.3 Å². The Hall–Kier alpha value is -2.52. The fourth-order valence-electron chi connectivity index (χ4n) is 3.89. The minimum atomic E-state index is 0.132. The average molecular weight is 473 g/mol. The van der Waals surface area contributed by atoms with Gasteiger partial charge in [-0.1, -0.05) is 39.0 Å². The number of nitrogens with zero attached hydrogens (tertiary/aromatic N) is 5. The third kappa shape index (κ3) is 11.1. The van der Waals surface area contributed by atoms with Crippen LogP contribution >= 0.6 is 0 Å². The summed E-state index contributed by atoms with van der Waals surface area (Å²) < 4.78 is 0. The number of unbranched alkanes of at least 4 members (excludes halogenated alkanes) is 6. The standard InChI is InChI=1S/C25H44N8O/c1-3-14-29-25(27-2)31-23-12-11-22(20-30-23)33-18-16-32(17-19-33)21-24(34)28-15-10-8-6-4-5-7-9-13-26/h11-12,14,20H,3-10,13,15-19,21,26H2,1-2H3,(H,28,34)(H,27,30,31). The molecule has 0 bridgehead atoms. The van der Waals surface area contributed by atoms with Gasteiger partial charge in [0.05, 0.1) is 18.4 Å². The number of nitrogens with two attached hydrogens (primary N) is 1. The first-order valence-corrected chi connectivity index (χ1v) is 12.8. The molecule has 4 N–H and O–H groups in total. The van der Waals surface area contributed by atoms with Crippen molar-refractivity contribution in [2.24, 2.45) is 15.7 Å². The van der Waals surface area contributed by atoms with E-state index in [0.29, 0.717) is 12.5 Å². The van der Waals surface area contributed by atoms with Gasteiger partial charge in [-0.2, -0.15) is 0 Å². The van der Waals surface area contributed by atoms with Crippen molar-refractivity contribution in [3.05, 3.63) is 18.3 Å². The van der Waals surface area contributed by atoms with Gasteiger partial charge in [-0.25, -0.2) is 9.98 Å². The first-order chi connectivity index (χ1) is 16.7. The van der Waals surface area contributed by atoms with Crippen LogP contribution in [0.5, 0.6) is 0 Å². The molecule has 1 amide bonds. The second-order valence-corrected chi connectivity index (χ2v) is 8.67. The summed E-state index contributed by atoms with van der Waals surface area (Å²) in [6.07, 6.45) is 13.0. The average Bonchev–Trinajstić information content (AvgIpc) is 2.86. The summed E-state index contributed by atoms with van der Waals surface area (Å²) in [6, 6.07) is 4.01. The molecule has 9 nitrogen and oxygen atoms in total. The maximum atomic E-state index is 12.3. The van der Waals surface area contributed by atoms with Gasteiger partial charge in [0.1, 0.15) is 5.82 Å². The van der Waals surface area contributed by atoms with Crippen LogP contribution in [0.15, 0.2) is 28.3 Å². The molecule has 0 saturated carbocycles. The van der Waals surface area contributed by atoms with Crippen LogP contribution in [0, 0.1) is 0 Å². The molecule has 34 heavy (non-hydrogen) atoms. The summed E-state index contributed by atoms with van der Waals surface area (Å²) in [7, 11) is 1.71. The molecule has 9 heteroatoms. The molecule has 0 aliphatic carbocycles. The van der Waals surface area contributed by atoms with Gasteiger partial charge in [-0.05, 0) is 37.9 Å². The minimum Gasteiger partial charge on any atom is -0.368 e. The predicted molar refractivity (Wildman–Crippen MR) is 143 cm³/mol. The Kier molecular flexibility index (Phi) is 13.9. The molecule has 0 radical (unpaired) electrons. The number of guanidine groups is 1. The Morgan fingerprint density at radius 2 is 1.79 bits per heavy atom. The van der Waals surface area contributed by atoms with Crippen molar-refractivity contribution < 1.29 is 4.79 Å². The number of hydrogen-bond acceptors (Lipinski definition) is 6. The van der Waals surface area contributed by atoms with Crippen molar-refractivity contribution in [2.75, 3.05) is 63.1 Å². The number of amides is 1. The summed E-state index contributed by atoms with van der Waals surface area (Å²) in [5.74, 6) is 1.40. The second kappa shape index (κ2) is 17.0. The molecular weight excluding hydrogens is 428 g/mol. The van der Waals surface area contributed by atoms with Crippen molar-refractivity contribution in [1.29, 1.82) is 0 Å². The van der Waals surface area contributed by atoms with E-state index >= 15 is 0 Å². The lowest BCUT2D eigenvalue weighted by Gasteiger charge is -2.35. The highest BCUT2D eigenvalue weighted by Crippen LogP contribution is 2.17. The van der Waals surface area contributed by atoms with Crippen LogP contribution in [-0.4, -0.2) is 80.8 Å². The number of piperazine rings is 1. The third-order valence-electron chi connectivity index (χ3n) is 5.90. The summed E-state index contributed by atoms with van der Waals surface area (Å²) >= 11 is 0. The molecule has 1 aromatic rings. The number of pyridine rings is 1. The van der Waals surface area contributed by atoms with E-state index in [-0.39, 0.29) is 5.91 Å². The van der Waals surface area contributed by atoms with Crippen molar-refractivity contribution in [3.8, 4) is 0 Å². The fraction of sp³-hybridized carbons (Fsp3) is 0.680. The maximum absolute atomic E-state index is 12.3. The van der Waals surface area contributed by atoms with Gasteiger partial charge in [-0.15, -0.1) is 0 Å². The van der Waals surface area contributed by atoms with Crippen LogP contribution in [0.3, 0.4) is 0 Å². The number of anilines is 2. The molecule has 2 rings (SSSR count). The molecule has 2 heterocycles. The first-order valence-electron chi connectivity index (χ1n) is 12.8. The highest BCUT2D eigenvalue weighted by molar-refractivity contribution is 5.97. The van der Waals surface area contributed by atoms with Crippen molar-refractivity contribution in [2.45, 2.75) is 58.3 Å². The highest BCUT2D eigenvalue weighted by Gasteiger charge is 2.19. The van der Waals surface area contributed by atoms with Crippen LogP contribution < -0.4 is 21.3 Å². The summed E-state index contributed by atoms with van der Waals surface area (Å²) in [5, 5.41) is 6.20. The van der Waals surface area contributed by atoms with Crippen LogP contribution in [0.1, 0.15) is 58.3 Å². The lowest BCUT2D eigenvalue weighted by molar-refractivity contribution is -0.122. The summed E-state index contributed by atoms with van der Waals surface area (Å²) in [4.78, 5) is 29.7. The smallest absolute Gasteiger partial charge is 0.234 e. The maximum Gasteiger partial charge on any atom is 0.234 e. The number of aliphatic imine (C=N–C) groups is 2. The second-order valence-electron chi connectivity index (χ2n) is 8.67. The van der Waals surface area contributed by atoms with E-state index < -0.39 is 0 Å². The zero-order valence-corrected chi connectivity index (χ0v) is 21.1. The number of nitrogens with one attached hydrogen (secondary N) is 2. The van der Waals surface area contributed by atoms with E-state index in [1.165, 1.54) is 32.1 Å². The summed E-state index contributed by atoms with van der Waals surface area (Å²) in [5.41, 5.74) is 6.60. The zero-order valence-electron chi connectivity index (χ0n) is 21.1. The Morgan fingerprint density at radius 3 is 2.41 bits per heavy atom. The quantitative estimate of drug-likeness (QED) is 0.218. The Morgan fingerprint density at radius 1 is 1.09 bits per heavy atom. The lowest BCUT2D eigenvalue weighted by Crippen LogP contribution is -2.49. The van der Waals surface area contributed by atoms with Crippen LogP contribution in [0.25, 0.3) is 0 Å². The normalized spacial score (nSPS) is 15.1. The molecule has 1 saturated heterocycles. The van der Waals surface area contributed by atoms with Gasteiger partial charge in [0.25, 0.3) is 0 Å². The van der Waals surface area contributed by atoms with E-state index in [9.17, 15) is 4.79 Å². The van der Waals surface area contributed by atoms with Crippen molar-refractivity contribution >= 4 is 29.6 Å². The van der Waals surface area contributed by atoms with E-state index in [2.05, 4.69) is 41.5 Å². The van der Waals surface area contributed by atoms with Crippen molar-refractivity contribution in [3.63, 3.8) is 0 Å². The topological polar surface area (TPSA) is 111 Å². The monoisotopic (exact) mass is 472 g/mol. The van der Waals surface area contributed by atoms with Gasteiger partial charge in [-0.3, -0.25) is 14.7 Å². The number of aromatic nitrogens is 1. The van der Waals surface area contributed by atoms with Crippen LogP contribution in [0.4, 0.5) is 11.5 Å². The van der Waals surface area contributed by atoms with E-state index in [4.69, 9.17) is 5.73 Å². The van der Waals surface area contributed by atoms with Gasteiger partial charge >= 0.3 is 0 Å². The lowest BCUT2D eigenvalue weighted by atomic mass is 10.1. The fourth-order valence-corrected chi connectivity index (χ4v) is 3.89. The van der Waals surface area contributed by atoms with Crippen LogP contribution in [-0.2, 0) is 4.79 Å². The van der Waals surface area contributed by atoms with E-state index in [0.717, 1.165) is 70.0 Å². The number of carbonyl (C=O) groups excluding carboxylic acids is 1. The van der Waals surface area contributed by atoms with Gasteiger partial charge in [0, 0.05) is 46.0 Å². The van der Waals surface area contributed by atoms with Crippen LogP contribution in [0.2, 0.25) is 0 Å². The van der Waals surface area contributed by atoms with Crippen molar-refractivity contribution in [1.82, 2.24) is 15.2 Å².